The lowest BCUT2D eigenvalue weighted by atomic mass is 9.88. The number of hydrogen-bond acceptors (Lipinski definition) is 5. The van der Waals surface area contributed by atoms with Crippen LogP contribution in [0.25, 0.3) is 0 Å². The Morgan fingerprint density at radius 1 is 1.22 bits per heavy atom. The molecular formula is C18H29Cl2N5O2. The number of nitrogens with one attached hydrogen (secondary N) is 2. The van der Waals surface area contributed by atoms with Gasteiger partial charge in [-0.05, 0) is 31.1 Å². The van der Waals surface area contributed by atoms with Gasteiger partial charge in [-0.25, -0.2) is 4.98 Å². The molecule has 0 aromatic carbocycles. The smallest absolute Gasteiger partial charge is 0.224 e. The van der Waals surface area contributed by atoms with E-state index in [0.29, 0.717) is 32.0 Å². The fourth-order valence-corrected chi connectivity index (χ4v) is 3.22. The summed E-state index contributed by atoms with van der Waals surface area (Å²) >= 11 is 0. The van der Waals surface area contributed by atoms with E-state index in [2.05, 4.69) is 20.5 Å². The predicted molar refractivity (Wildman–Crippen MR) is 111 cm³/mol. The second kappa shape index (κ2) is 11.3. The van der Waals surface area contributed by atoms with E-state index in [0.717, 1.165) is 32.0 Å². The van der Waals surface area contributed by atoms with Gasteiger partial charge < -0.3 is 20.4 Å². The first-order valence-corrected chi connectivity index (χ1v) is 9.07. The molecule has 1 aromatic heterocycles. The minimum Gasteiger partial charge on any atom is -0.355 e. The average molecular weight is 418 g/mol. The number of piperazine rings is 1. The molecular weight excluding hydrogens is 389 g/mol. The number of pyridine rings is 1. The number of carbonyl (C=O) groups excluding carboxylic acids is 2. The van der Waals surface area contributed by atoms with Crippen LogP contribution >= 0.6 is 24.8 Å². The highest BCUT2D eigenvalue weighted by Crippen LogP contribution is 2.16. The molecule has 0 aliphatic carbocycles. The monoisotopic (exact) mass is 417 g/mol. The number of carbonyl (C=O) groups is 2. The summed E-state index contributed by atoms with van der Waals surface area (Å²) in [6.07, 6.45) is 2.15. The quantitative estimate of drug-likeness (QED) is 0.719. The molecule has 1 aromatic rings. The molecule has 2 fully saturated rings. The van der Waals surface area contributed by atoms with Crippen LogP contribution in [-0.2, 0) is 9.59 Å². The lowest BCUT2D eigenvalue weighted by Gasteiger charge is -2.35. The molecule has 0 bridgehead atoms. The van der Waals surface area contributed by atoms with Crippen molar-refractivity contribution >= 4 is 42.4 Å². The van der Waals surface area contributed by atoms with E-state index in [1.165, 1.54) is 0 Å². The van der Waals surface area contributed by atoms with E-state index in [4.69, 9.17) is 0 Å². The van der Waals surface area contributed by atoms with Crippen LogP contribution in [0.15, 0.2) is 24.4 Å². The lowest BCUT2D eigenvalue weighted by molar-refractivity contribution is -0.131. The van der Waals surface area contributed by atoms with Gasteiger partial charge in [-0.15, -0.1) is 24.8 Å². The topological polar surface area (TPSA) is 77.6 Å². The van der Waals surface area contributed by atoms with Gasteiger partial charge in [0.2, 0.25) is 11.8 Å². The zero-order valence-corrected chi connectivity index (χ0v) is 17.2. The molecule has 0 saturated carbocycles. The third-order valence-corrected chi connectivity index (χ3v) is 5.18. The molecule has 2 N–H and O–H groups in total. The van der Waals surface area contributed by atoms with E-state index >= 15 is 0 Å². The van der Waals surface area contributed by atoms with Crippen molar-refractivity contribution in [2.24, 2.45) is 11.8 Å². The van der Waals surface area contributed by atoms with E-state index < -0.39 is 0 Å². The number of aromatic nitrogens is 1. The molecule has 1 atom stereocenters. The number of anilines is 1. The minimum atomic E-state index is 0. The average Bonchev–Trinajstić information content (AvgIpc) is 2.61. The van der Waals surface area contributed by atoms with Crippen molar-refractivity contribution in [3.8, 4) is 0 Å². The van der Waals surface area contributed by atoms with Gasteiger partial charge in [0, 0.05) is 51.3 Å². The molecule has 2 aliphatic heterocycles. The zero-order valence-electron chi connectivity index (χ0n) is 15.6. The fraction of sp³-hybridized carbons (Fsp3) is 0.611. The molecule has 9 heteroatoms. The SMILES string of the molecule is CC(C(=O)NCCC(=O)N1CCN(c2ccccn2)CC1)C1CNC1.Cl.Cl. The van der Waals surface area contributed by atoms with Gasteiger partial charge in [0.15, 0.2) is 0 Å². The van der Waals surface area contributed by atoms with Crippen molar-refractivity contribution in [3.05, 3.63) is 24.4 Å². The third kappa shape index (κ3) is 6.23. The highest BCUT2D eigenvalue weighted by Gasteiger charge is 2.28. The normalized spacial score (nSPS) is 17.8. The fourth-order valence-electron chi connectivity index (χ4n) is 3.22. The maximum absolute atomic E-state index is 12.3. The number of hydrogen-bond donors (Lipinski definition) is 2. The van der Waals surface area contributed by atoms with Crippen molar-refractivity contribution in [3.63, 3.8) is 0 Å². The predicted octanol–water partition coefficient (Wildman–Crippen LogP) is 0.936. The third-order valence-electron chi connectivity index (χ3n) is 5.18. The zero-order chi connectivity index (χ0) is 17.6. The molecule has 152 valence electrons. The number of amides is 2. The second-order valence-corrected chi connectivity index (χ2v) is 6.80. The Labute approximate surface area is 173 Å². The first-order chi connectivity index (χ1) is 12.1. The van der Waals surface area contributed by atoms with Crippen LogP contribution in [-0.4, -0.2) is 67.5 Å². The molecule has 27 heavy (non-hydrogen) atoms. The summed E-state index contributed by atoms with van der Waals surface area (Å²) in [5.74, 6) is 1.56. The Kier molecular flexibility index (Phi) is 9.83. The van der Waals surface area contributed by atoms with Gasteiger partial charge in [0.05, 0.1) is 0 Å². The van der Waals surface area contributed by atoms with Gasteiger partial charge in [-0.3, -0.25) is 9.59 Å². The largest absolute Gasteiger partial charge is 0.355 e. The van der Waals surface area contributed by atoms with Crippen LogP contribution in [0, 0.1) is 11.8 Å². The summed E-state index contributed by atoms with van der Waals surface area (Å²) in [4.78, 5) is 32.8. The van der Waals surface area contributed by atoms with Gasteiger partial charge in [0.1, 0.15) is 5.82 Å². The van der Waals surface area contributed by atoms with Crippen molar-refractivity contribution < 1.29 is 9.59 Å². The first-order valence-electron chi connectivity index (χ1n) is 9.07. The van der Waals surface area contributed by atoms with E-state index in [1.807, 2.05) is 30.0 Å². The van der Waals surface area contributed by atoms with Gasteiger partial charge in [-0.2, -0.15) is 0 Å². The molecule has 3 heterocycles. The Balaban J connectivity index is 0.00000182. The van der Waals surface area contributed by atoms with Gasteiger partial charge in [0.25, 0.3) is 0 Å². The van der Waals surface area contributed by atoms with E-state index in [-0.39, 0.29) is 42.5 Å². The number of rotatable bonds is 6. The Hall–Kier alpha value is -1.57. The van der Waals surface area contributed by atoms with E-state index in [9.17, 15) is 9.59 Å². The van der Waals surface area contributed by atoms with Gasteiger partial charge in [-0.1, -0.05) is 13.0 Å². The molecule has 3 rings (SSSR count). The second-order valence-electron chi connectivity index (χ2n) is 6.80. The number of nitrogens with zero attached hydrogens (tertiary/aromatic N) is 3. The molecule has 1 unspecified atom stereocenters. The van der Waals surface area contributed by atoms with E-state index in [1.54, 1.807) is 6.20 Å². The summed E-state index contributed by atoms with van der Waals surface area (Å²) in [6, 6.07) is 5.87. The highest BCUT2D eigenvalue weighted by molar-refractivity contribution is 5.85. The molecule has 7 nitrogen and oxygen atoms in total. The van der Waals surface area contributed by atoms with Crippen LogP contribution in [0.1, 0.15) is 13.3 Å². The molecule has 2 saturated heterocycles. The van der Waals surface area contributed by atoms with Crippen LogP contribution in [0.4, 0.5) is 5.82 Å². The molecule has 0 spiro atoms. The maximum atomic E-state index is 12.3. The minimum absolute atomic E-state index is 0. The molecule has 0 radical (unpaired) electrons. The number of halogens is 2. The summed E-state index contributed by atoms with van der Waals surface area (Å²) in [5.41, 5.74) is 0. The van der Waals surface area contributed by atoms with Crippen LogP contribution in [0.5, 0.6) is 0 Å². The van der Waals surface area contributed by atoms with Crippen LogP contribution in [0.3, 0.4) is 0 Å². The van der Waals surface area contributed by atoms with Crippen molar-refractivity contribution in [1.29, 1.82) is 0 Å². The van der Waals surface area contributed by atoms with Gasteiger partial charge >= 0.3 is 0 Å². The Bertz CT molecular complexity index is 593. The first kappa shape index (κ1) is 23.5. The van der Waals surface area contributed by atoms with Crippen molar-refractivity contribution in [2.75, 3.05) is 50.7 Å². The maximum Gasteiger partial charge on any atom is 0.224 e. The Morgan fingerprint density at radius 2 is 1.93 bits per heavy atom. The van der Waals surface area contributed by atoms with Crippen molar-refractivity contribution in [1.82, 2.24) is 20.5 Å². The summed E-state index contributed by atoms with van der Waals surface area (Å²) in [7, 11) is 0. The standard InChI is InChI=1S/C18H27N5O2.2ClH/c1-14(15-12-19-13-15)18(25)21-7-5-17(24)23-10-8-22(9-11-23)16-4-2-3-6-20-16;;/h2-4,6,14-15,19H,5,7-13H2,1H3,(H,21,25);2*1H. The highest BCUT2D eigenvalue weighted by atomic mass is 35.5. The summed E-state index contributed by atoms with van der Waals surface area (Å²) in [5, 5.41) is 6.08. The summed E-state index contributed by atoms with van der Waals surface area (Å²) < 4.78 is 0. The summed E-state index contributed by atoms with van der Waals surface area (Å²) in [6.45, 7) is 7.19. The van der Waals surface area contributed by atoms with Crippen LogP contribution < -0.4 is 15.5 Å². The molecule has 2 aliphatic rings. The van der Waals surface area contributed by atoms with Crippen molar-refractivity contribution in [2.45, 2.75) is 13.3 Å². The molecule has 2 amide bonds. The lowest BCUT2D eigenvalue weighted by Crippen LogP contribution is -2.50. The Morgan fingerprint density at radius 3 is 2.48 bits per heavy atom. The van der Waals surface area contributed by atoms with Crippen LogP contribution in [0.2, 0.25) is 0 Å².